The summed E-state index contributed by atoms with van der Waals surface area (Å²) in [5.74, 6) is -1.17. The van der Waals surface area contributed by atoms with E-state index in [9.17, 15) is 14.4 Å². The van der Waals surface area contributed by atoms with E-state index in [1.54, 1.807) is 35.6 Å². The number of hydrogen-bond donors (Lipinski definition) is 0. The summed E-state index contributed by atoms with van der Waals surface area (Å²) >= 11 is 0. The Bertz CT molecular complexity index is 1110. The predicted molar refractivity (Wildman–Crippen MR) is 116 cm³/mol. The smallest absolute Gasteiger partial charge is 0.295 e. The molecule has 7 nitrogen and oxygen atoms in total. The van der Waals surface area contributed by atoms with Crippen molar-refractivity contribution in [3.8, 4) is 5.69 Å². The number of amides is 2. The minimum atomic E-state index is -0.556. The summed E-state index contributed by atoms with van der Waals surface area (Å²) in [7, 11) is 0. The quantitative estimate of drug-likeness (QED) is 0.484. The van der Waals surface area contributed by atoms with Gasteiger partial charge in [0.2, 0.25) is 0 Å². The fraction of sp³-hybridized carbons (Fsp3) is 0.250. The Morgan fingerprint density at radius 1 is 0.774 bits per heavy atom. The number of Topliss-reactive ketones (excluding diaryl/α,β-unsaturated/α-hetero) is 1. The third kappa shape index (κ3) is 3.99. The van der Waals surface area contributed by atoms with Crippen LogP contribution in [0.1, 0.15) is 32.1 Å². The molecule has 0 bridgehead atoms. The largest absolute Gasteiger partial charge is 0.335 e. The summed E-state index contributed by atoms with van der Waals surface area (Å²) in [6.45, 7) is 4.98. The van der Waals surface area contributed by atoms with E-state index in [2.05, 4.69) is 5.10 Å². The van der Waals surface area contributed by atoms with Gasteiger partial charge >= 0.3 is 0 Å². The van der Waals surface area contributed by atoms with Crippen molar-refractivity contribution in [2.75, 3.05) is 26.2 Å². The number of carbonyl (C=O) groups is 3. The number of aromatic nitrogens is 2. The molecule has 0 atom stereocenters. The maximum atomic E-state index is 13.0. The van der Waals surface area contributed by atoms with E-state index in [-0.39, 0.29) is 5.91 Å². The maximum Gasteiger partial charge on any atom is 0.295 e. The second kappa shape index (κ2) is 8.55. The Labute approximate surface area is 180 Å². The summed E-state index contributed by atoms with van der Waals surface area (Å²) < 4.78 is 1.69. The topological polar surface area (TPSA) is 75.5 Å². The molecule has 0 N–H and O–H groups in total. The van der Waals surface area contributed by atoms with E-state index in [0.717, 1.165) is 5.69 Å². The molecule has 1 aliphatic rings. The molecule has 3 aromatic rings. The van der Waals surface area contributed by atoms with Crippen molar-refractivity contribution in [3.63, 3.8) is 0 Å². The van der Waals surface area contributed by atoms with Gasteiger partial charge in [0, 0.05) is 31.7 Å². The number of carbonyl (C=O) groups excluding carboxylic acids is 3. The average molecular weight is 416 g/mol. The van der Waals surface area contributed by atoms with E-state index >= 15 is 0 Å². The summed E-state index contributed by atoms with van der Waals surface area (Å²) in [5.41, 5.74) is 2.97. The number of para-hydroxylation sites is 1. The van der Waals surface area contributed by atoms with Crippen LogP contribution in [-0.4, -0.2) is 63.4 Å². The zero-order chi connectivity index (χ0) is 22.0. The first-order valence-electron chi connectivity index (χ1n) is 10.3. The molecule has 0 spiro atoms. The van der Waals surface area contributed by atoms with Crippen LogP contribution in [0.4, 0.5) is 0 Å². The molecule has 2 aromatic carbocycles. The Hall–Kier alpha value is -3.74. The molecule has 1 saturated heterocycles. The van der Waals surface area contributed by atoms with E-state index in [4.69, 9.17) is 0 Å². The third-order valence-electron chi connectivity index (χ3n) is 5.59. The van der Waals surface area contributed by atoms with Crippen molar-refractivity contribution in [1.82, 2.24) is 19.6 Å². The summed E-state index contributed by atoms with van der Waals surface area (Å²) in [4.78, 5) is 41.8. The van der Waals surface area contributed by atoms with Gasteiger partial charge in [-0.2, -0.15) is 5.10 Å². The molecule has 7 heteroatoms. The van der Waals surface area contributed by atoms with E-state index < -0.39 is 11.7 Å². The van der Waals surface area contributed by atoms with Gasteiger partial charge in [0.25, 0.3) is 17.6 Å². The SMILES string of the molecule is Cc1nn(-c2ccccc2)c(C)c1C(=O)C(=O)N1CCN(C(=O)c2ccccc2)CC1. The van der Waals surface area contributed by atoms with Gasteiger partial charge in [0.05, 0.1) is 22.6 Å². The minimum absolute atomic E-state index is 0.0603. The van der Waals surface area contributed by atoms with Crippen LogP contribution in [0.3, 0.4) is 0 Å². The zero-order valence-corrected chi connectivity index (χ0v) is 17.6. The van der Waals surface area contributed by atoms with Crippen molar-refractivity contribution >= 4 is 17.6 Å². The number of benzene rings is 2. The molecule has 0 unspecified atom stereocenters. The lowest BCUT2D eigenvalue weighted by atomic mass is 10.1. The lowest BCUT2D eigenvalue weighted by Crippen LogP contribution is -2.52. The van der Waals surface area contributed by atoms with Gasteiger partial charge in [-0.15, -0.1) is 0 Å². The van der Waals surface area contributed by atoms with E-state index in [1.165, 1.54) is 4.90 Å². The molecule has 4 rings (SSSR count). The van der Waals surface area contributed by atoms with Gasteiger partial charge in [-0.25, -0.2) is 4.68 Å². The molecular formula is C24H24N4O3. The molecule has 1 aliphatic heterocycles. The molecular weight excluding hydrogens is 392 g/mol. The number of rotatable bonds is 4. The fourth-order valence-electron chi connectivity index (χ4n) is 3.92. The molecule has 158 valence electrons. The lowest BCUT2D eigenvalue weighted by molar-refractivity contribution is -0.127. The summed E-state index contributed by atoms with van der Waals surface area (Å²) in [5, 5.41) is 4.47. The lowest BCUT2D eigenvalue weighted by Gasteiger charge is -2.34. The van der Waals surface area contributed by atoms with E-state index in [0.29, 0.717) is 48.7 Å². The predicted octanol–water partition coefficient (Wildman–Crippen LogP) is 2.66. The average Bonchev–Trinajstić information content (AvgIpc) is 3.12. The highest BCUT2D eigenvalue weighted by atomic mass is 16.2. The Morgan fingerprint density at radius 3 is 1.94 bits per heavy atom. The van der Waals surface area contributed by atoms with Gasteiger partial charge in [0.1, 0.15) is 0 Å². The molecule has 2 amide bonds. The van der Waals surface area contributed by atoms with Crippen LogP contribution in [-0.2, 0) is 4.79 Å². The Balaban J connectivity index is 1.46. The molecule has 1 aromatic heterocycles. The van der Waals surface area contributed by atoms with Crippen LogP contribution in [0.15, 0.2) is 60.7 Å². The number of aryl methyl sites for hydroxylation is 1. The van der Waals surface area contributed by atoms with Gasteiger partial charge in [-0.3, -0.25) is 14.4 Å². The normalized spacial score (nSPS) is 13.9. The highest BCUT2D eigenvalue weighted by Gasteiger charge is 2.32. The summed E-state index contributed by atoms with van der Waals surface area (Å²) in [6.07, 6.45) is 0. The number of ketones is 1. The molecule has 31 heavy (non-hydrogen) atoms. The Kier molecular flexibility index (Phi) is 5.66. The van der Waals surface area contributed by atoms with Crippen LogP contribution >= 0.6 is 0 Å². The van der Waals surface area contributed by atoms with Crippen molar-refractivity contribution in [3.05, 3.63) is 83.2 Å². The Morgan fingerprint density at radius 2 is 1.32 bits per heavy atom. The van der Waals surface area contributed by atoms with Crippen molar-refractivity contribution in [1.29, 1.82) is 0 Å². The molecule has 0 saturated carbocycles. The van der Waals surface area contributed by atoms with Gasteiger partial charge in [-0.05, 0) is 38.1 Å². The number of nitrogens with zero attached hydrogens (tertiary/aromatic N) is 4. The highest BCUT2D eigenvalue weighted by molar-refractivity contribution is 6.43. The first-order chi connectivity index (χ1) is 15.0. The van der Waals surface area contributed by atoms with Crippen LogP contribution < -0.4 is 0 Å². The standard InChI is InChI=1S/C24H24N4O3/c1-17-21(18(2)28(25-17)20-11-7-4-8-12-20)22(29)24(31)27-15-13-26(14-16-27)23(30)19-9-5-3-6-10-19/h3-12H,13-16H2,1-2H3. The van der Waals surface area contributed by atoms with E-state index in [1.807, 2.05) is 48.5 Å². The first kappa shape index (κ1) is 20.5. The fourth-order valence-corrected chi connectivity index (χ4v) is 3.92. The molecule has 2 heterocycles. The van der Waals surface area contributed by atoms with Gasteiger partial charge < -0.3 is 9.80 Å². The van der Waals surface area contributed by atoms with Crippen LogP contribution in [0, 0.1) is 13.8 Å². The van der Waals surface area contributed by atoms with Gasteiger partial charge in [-0.1, -0.05) is 36.4 Å². The van der Waals surface area contributed by atoms with Crippen molar-refractivity contribution in [2.24, 2.45) is 0 Å². The highest BCUT2D eigenvalue weighted by Crippen LogP contribution is 2.20. The molecule has 1 fully saturated rings. The minimum Gasteiger partial charge on any atom is -0.335 e. The van der Waals surface area contributed by atoms with Crippen LogP contribution in [0.5, 0.6) is 0 Å². The first-order valence-corrected chi connectivity index (χ1v) is 10.3. The van der Waals surface area contributed by atoms with Gasteiger partial charge in [0.15, 0.2) is 0 Å². The molecule has 0 radical (unpaired) electrons. The van der Waals surface area contributed by atoms with Crippen LogP contribution in [0.25, 0.3) is 5.69 Å². The zero-order valence-electron chi connectivity index (χ0n) is 17.6. The van der Waals surface area contributed by atoms with Crippen LogP contribution in [0.2, 0.25) is 0 Å². The number of piperazine rings is 1. The third-order valence-corrected chi connectivity index (χ3v) is 5.59. The second-order valence-electron chi connectivity index (χ2n) is 7.57. The van der Waals surface area contributed by atoms with Crippen molar-refractivity contribution in [2.45, 2.75) is 13.8 Å². The number of hydrogen-bond acceptors (Lipinski definition) is 4. The second-order valence-corrected chi connectivity index (χ2v) is 7.57. The van der Waals surface area contributed by atoms with Crippen molar-refractivity contribution < 1.29 is 14.4 Å². The summed E-state index contributed by atoms with van der Waals surface area (Å²) in [6, 6.07) is 18.6. The maximum absolute atomic E-state index is 13.0. The molecule has 0 aliphatic carbocycles. The monoisotopic (exact) mass is 416 g/mol.